The maximum Gasteiger partial charge on any atom is 0.0406 e. The molecule has 2 rings (SSSR count). The fourth-order valence-electron chi connectivity index (χ4n) is 3.44. The summed E-state index contributed by atoms with van der Waals surface area (Å²) in [4.78, 5) is 0. The molecule has 118 valence electrons. The second-order valence-electron chi connectivity index (χ2n) is 7.90. The van der Waals surface area contributed by atoms with E-state index in [1.54, 1.807) is 0 Å². The summed E-state index contributed by atoms with van der Waals surface area (Å²) in [6, 6.07) is 8.42. The maximum atomic E-state index is 6.00. The van der Waals surface area contributed by atoms with Crippen LogP contribution < -0.4 is 5.32 Å². The van der Waals surface area contributed by atoms with Gasteiger partial charge in [0, 0.05) is 10.6 Å². The summed E-state index contributed by atoms with van der Waals surface area (Å²) >= 11 is 6.00. The minimum Gasteiger partial charge on any atom is -0.312 e. The van der Waals surface area contributed by atoms with Crippen LogP contribution in [0.3, 0.4) is 0 Å². The molecule has 0 radical (unpaired) electrons. The predicted octanol–water partition coefficient (Wildman–Crippen LogP) is 5.32. The molecule has 0 spiro atoms. The molecule has 0 aliphatic heterocycles. The van der Waals surface area contributed by atoms with E-state index in [0.29, 0.717) is 0 Å². The van der Waals surface area contributed by atoms with Crippen LogP contribution >= 0.6 is 11.6 Å². The smallest absolute Gasteiger partial charge is 0.0406 e. The van der Waals surface area contributed by atoms with Gasteiger partial charge in [0.2, 0.25) is 0 Å². The zero-order chi connectivity index (χ0) is 15.5. The van der Waals surface area contributed by atoms with E-state index in [1.807, 2.05) is 12.1 Å². The van der Waals surface area contributed by atoms with Crippen molar-refractivity contribution in [2.75, 3.05) is 6.54 Å². The Labute approximate surface area is 135 Å². The fraction of sp³-hybridized carbons (Fsp3) is 0.684. The minimum atomic E-state index is 0.216. The lowest BCUT2D eigenvalue weighted by Crippen LogP contribution is -2.42. The van der Waals surface area contributed by atoms with Gasteiger partial charge in [-0.15, -0.1) is 0 Å². The lowest BCUT2D eigenvalue weighted by atomic mass is 9.72. The molecule has 1 aromatic carbocycles. The van der Waals surface area contributed by atoms with Crippen molar-refractivity contribution >= 4 is 11.6 Å². The van der Waals surface area contributed by atoms with Crippen LogP contribution in [0.25, 0.3) is 0 Å². The number of rotatable bonds is 4. The highest BCUT2D eigenvalue weighted by atomic mass is 35.5. The summed E-state index contributed by atoms with van der Waals surface area (Å²) in [6.45, 7) is 10.3. The van der Waals surface area contributed by atoms with Crippen LogP contribution in [0.1, 0.15) is 52.5 Å². The number of nitrogens with one attached hydrogen (secondary N) is 1. The van der Waals surface area contributed by atoms with E-state index in [0.717, 1.165) is 29.3 Å². The van der Waals surface area contributed by atoms with Crippen molar-refractivity contribution < 1.29 is 0 Å². The molecular weight excluding hydrogens is 278 g/mol. The molecule has 3 unspecified atom stereocenters. The van der Waals surface area contributed by atoms with E-state index >= 15 is 0 Å². The standard InChI is InChI=1S/C19H30ClN/c1-14-5-8-16(13-21-19(2,3)4)17(11-14)12-15-6-9-18(20)10-7-15/h6-7,9-10,14,16-17,21H,5,8,11-13H2,1-4H3. The van der Waals surface area contributed by atoms with E-state index in [-0.39, 0.29) is 5.54 Å². The molecule has 0 saturated heterocycles. The van der Waals surface area contributed by atoms with Crippen LogP contribution in [-0.2, 0) is 6.42 Å². The van der Waals surface area contributed by atoms with Crippen LogP contribution in [0.2, 0.25) is 5.02 Å². The van der Waals surface area contributed by atoms with Crippen molar-refractivity contribution in [3.8, 4) is 0 Å². The summed E-state index contributed by atoms with van der Waals surface area (Å²) < 4.78 is 0. The second kappa shape index (κ2) is 7.15. The molecule has 1 nitrogen and oxygen atoms in total. The molecule has 1 saturated carbocycles. The zero-order valence-electron chi connectivity index (χ0n) is 14.0. The van der Waals surface area contributed by atoms with E-state index < -0.39 is 0 Å². The molecule has 0 aromatic heterocycles. The van der Waals surface area contributed by atoms with Crippen LogP contribution in [-0.4, -0.2) is 12.1 Å². The quantitative estimate of drug-likeness (QED) is 0.793. The number of halogens is 1. The van der Waals surface area contributed by atoms with E-state index in [9.17, 15) is 0 Å². The average Bonchev–Trinajstić information content (AvgIpc) is 2.39. The van der Waals surface area contributed by atoms with Crippen molar-refractivity contribution in [2.24, 2.45) is 17.8 Å². The Morgan fingerprint density at radius 2 is 1.76 bits per heavy atom. The van der Waals surface area contributed by atoms with Gasteiger partial charge in [-0.1, -0.05) is 37.1 Å². The Kier molecular flexibility index (Phi) is 5.73. The first-order valence-electron chi connectivity index (χ1n) is 8.33. The van der Waals surface area contributed by atoms with Crippen LogP contribution in [0, 0.1) is 17.8 Å². The molecule has 1 N–H and O–H groups in total. The van der Waals surface area contributed by atoms with Crippen molar-refractivity contribution in [1.82, 2.24) is 5.32 Å². The molecule has 1 aliphatic rings. The third-order valence-electron chi connectivity index (χ3n) is 4.71. The highest BCUT2D eigenvalue weighted by Crippen LogP contribution is 2.36. The molecule has 1 aromatic rings. The Morgan fingerprint density at radius 3 is 2.38 bits per heavy atom. The molecule has 3 atom stereocenters. The molecule has 0 heterocycles. The summed E-state index contributed by atoms with van der Waals surface area (Å²) in [5, 5.41) is 4.55. The highest BCUT2D eigenvalue weighted by Gasteiger charge is 2.29. The summed E-state index contributed by atoms with van der Waals surface area (Å²) in [5.41, 5.74) is 1.65. The molecule has 0 amide bonds. The lowest BCUT2D eigenvalue weighted by molar-refractivity contribution is 0.174. The van der Waals surface area contributed by atoms with Gasteiger partial charge >= 0.3 is 0 Å². The lowest BCUT2D eigenvalue weighted by Gasteiger charge is -2.37. The first kappa shape index (κ1) is 16.8. The van der Waals surface area contributed by atoms with E-state index in [4.69, 9.17) is 11.6 Å². The topological polar surface area (TPSA) is 12.0 Å². The van der Waals surface area contributed by atoms with Gasteiger partial charge in [0.05, 0.1) is 0 Å². The van der Waals surface area contributed by atoms with Gasteiger partial charge in [0.1, 0.15) is 0 Å². The SMILES string of the molecule is CC1CCC(CNC(C)(C)C)C(Cc2ccc(Cl)cc2)C1. The Bertz CT molecular complexity index is 432. The average molecular weight is 308 g/mol. The summed E-state index contributed by atoms with van der Waals surface area (Å²) in [6.07, 6.45) is 5.30. The van der Waals surface area contributed by atoms with E-state index in [2.05, 4.69) is 45.1 Å². The Morgan fingerprint density at radius 1 is 1.10 bits per heavy atom. The van der Waals surface area contributed by atoms with Gasteiger partial charge in [0.15, 0.2) is 0 Å². The van der Waals surface area contributed by atoms with Gasteiger partial charge in [-0.05, 0) is 82.0 Å². The summed E-state index contributed by atoms with van der Waals surface area (Å²) in [5.74, 6) is 2.47. The number of hydrogen-bond acceptors (Lipinski definition) is 1. The number of benzene rings is 1. The van der Waals surface area contributed by atoms with Gasteiger partial charge < -0.3 is 5.32 Å². The third kappa shape index (κ3) is 5.64. The van der Waals surface area contributed by atoms with Gasteiger partial charge in [-0.25, -0.2) is 0 Å². The van der Waals surface area contributed by atoms with Gasteiger partial charge in [-0.2, -0.15) is 0 Å². The van der Waals surface area contributed by atoms with Gasteiger partial charge in [-0.3, -0.25) is 0 Å². The fourth-order valence-corrected chi connectivity index (χ4v) is 3.57. The van der Waals surface area contributed by atoms with Crippen molar-refractivity contribution in [2.45, 2.75) is 58.9 Å². The largest absolute Gasteiger partial charge is 0.312 e. The minimum absolute atomic E-state index is 0.216. The third-order valence-corrected chi connectivity index (χ3v) is 4.96. The number of hydrogen-bond donors (Lipinski definition) is 1. The molecule has 1 aliphatic carbocycles. The normalized spacial score (nSPS) is 26.8. The molecule has 0 bridgehead atoms. The van der Waals surface area contributed by atoms with Crippen molar-refractivity contribution in [3.63, 3.8) is 0 Å². The van der Waals surface area contributed by atoms with Crippen LogP contribution in [0.5, 0.6) is 0 Å². The Balaban J connectivity index is 1.99. The van der Waals surface area contributed by atoms with Crippen LogP contribution in [0.15, 0.2) is 24.3 Å². The van der Waals surface area contributed by atoms with E-state index in [1.165, 1.54) is 31.2 Å². The molecular formula is C19H30ClN. The van der Waals surface area contributed by atoms with Gasteiger partial charge in [0.25, 0.3) is 0 Å². The highest BCUT2D eigenvalue weighted by molar-refractivity contribution is 6.30. The first-order valence-corrected chi connectivity index (χ1v) is 8.71. The van der Waals surface area contributed by atoms with Crippen LogP contribution in [0.4, 0.5) is 0 Å². The molecule has 21 heavy (non-hydrogen) atoms. The summed E-state index contributed by atoms with van der Waals surface area (Å²) in [7, 11) is 0. The molecule has 2 heteroatoms. The second-order valence-corrected chi connectivity index (χ2v) is 8.34. The predicted molar refractivity (Wildman–Crippen MR) is 92.9 cm³/mol. The van der Waals surface area contributed by atoms with Crippen molar-refractivity contribution in [1.29, 1.82) is 0 Å². The monoisotopic (exact) mass is 307 g/mol. The molecule has 1 fully saturated rings. The zero-order valence-corrected chi connectivity index (χ0v) is 14.7. The Hall–Kier alpha value is -0.530. The maximum absolute atomic E-state index is 6.00. The van der Waals surface area contributed by atoms with Crippen molar-refractivity contribution in [3.05, 3.63) is 34.9 Å². The first-order chi connectivity index (χ1) is 9.83.